The van der Waals surface area contributed by atoms with Gasteiger partial charge < -0.3 is 15.4 Å². The van der Waals surface area contributed by atoms with Gasteiger partial charge in [0.25, 0.3) is 0 Å². The summed E-state index contributed by atoms with van der Waals surface area (Å²) in [6, 6.07) is 5.71. The van der Waals surface area contributed by atoms with Gasteiger partial charge in [-0.05, 0) is 26.0 Å². The molecule has 0 saturated heterocycles. The fraction of sp³-hybridized carbons (Fsp3) is 0.417. The lowest BCUT2D eigenvalue weighted by Crippen LogP contribution is -2.22. The molecule has 0 atom stereocenters. The van der Waals surface area contributed by atoms with E-state index in [0.717, 1.165) is 18.8 Å². The number of ether oxygens (including phenoxy) is 1. The minimum absolute atomic E-state index is 0.0305. The molecule has 0 saturated carbocycles. The molecule has 0 spiro atoms. The molecule has 88 valence electrons. The second-order valence-corrected chi connectivity index (χ2v) is 3.47. The molecular weight excluding hydrogens is 202 g/mol. The average Bonchev–Trinajstić information content (AvgIpc) is 2.30. The lowest BCUT2D eigenvalue weighted by Gasteiger charge is -2.22. The molecule has 0 heterocycles. The van der Waals surface area contributed by atoms with Crippen molar-refractivity contribution in [2.75, 3.05) is 25.1 Å². The highest BCUT2D eigenvalue weighted by atomic mass is 16.5. The number of hydrogen-bond donors (Lipinski definition) is 2. The lowest BCUT2D eigenvalue weighted by atomic mass is 10.1. The van der Waals surface area contributed by atoms with Crippen LogP contribution in [-0.4, -0.2) is 26.0 Å². The van der Waals surface area contributed by atoms with E-state index in [0.29, 0.717) is 11.3 Å². The van der Waals surface area contributed by atoms with Crippen molar-refractivity contribution < 1.29 is 4.74 Å². The number of nitrogens with zero attached hydrogens (tertiary/aromatic N) is 1. The molecule has 4 heteroatoms. The number of benzene rings is 1. The first-order chi connectivity index (χ1) is 7.63. The topological polar surface area (TPSA) is 62.3 Å². The zero-order valence-corrected chi connectivity index (χ0v) is 10.1. The Hall–Kier alpha value is -1.71. The van der Waals surface area contributed by atoms with Crippen molar-refractivity contribution in [1.29, 1.82) is 5.41 Å². The minimum Gasteiger partial charge on any atom is -0.496 e. The van der Waals surface area contributed by atoms with Crippen molar-refractivity contribution in [2.24, 2.45) is 5.73 Å². The summed E-state index contributed by atoms with van der Waals surface area (Å²) >= 11 is 0. The van der Waals surface area contributed by atoms with Gasteiger partial charge in [-0.15, -0.1) is 0 Å². The molecule has 1 aromatic rings. The summed E-state index contributed by atoms with van der Waals surface area (Å²) in [5.41, 5.74) is 7.20. The highest BCUT2D eigenvalue weighted by Crippen LogP contribution is 2.25. The van der Waals surface area contributed by atoms with Gasteiger partial charge in [-0.2, -0.15) is 0 Å². The molecule has 0 bridgehead atoms. The summed E-state index contributed by atoms with van der Waals surface area (Å²) in [5, 5.41) is 7.43. The molecule has 0 fully saturated rings. The van der Waals surface area contributed by atoms with Crippen molar-refractivity contribution in [2.45, 2.75) is 13.8 Å². The second kappa shape index (κ2) is 5.39. The standard InChI is InChI=1S/C12H19N3O/c1-4-15(5-2)9-6-7-10(12(13)14)11(8-9)16-3/h6-8H,4-5H2,1-3H3,(H3,13,14). The van der Waals surface area contributed by atoms with E-state index >= 15 is 0 Å². The summed E-state index contributed by atoms with van der Waals surface area (Å²) < 4.78 is 5.24. The van der Waals surface area contributed by atoms with E-state index in [1.54, 1.807) is 7.11 Å². The Kier molecular flexibility index (Phi) is 4.17. The van der Waals surface area contributed by atoms with E-state index in [1.807, 2.05) is 18.2 Å². The van der Waals surface area contributed by atoms with Crippen molar-refractivity contribution >= 4 is 11.5 Å². The molecule has 0 aliphatic heterocycles. The summed E-state index contributed by atoms with van der Waals surface area (Å²) in [6.07, 6.45) is 0. The highest BCUT2D eigenvalue weighted by Gasteiger charge is 2.09. The first kappa shape index (κ1) is 12.4. The van der Waals surface area contributed by atoms with Gasteiger partial charge in [0, 0.05) is 24.8 Å². The fourth-order valence-electron chi connectivity index (χ4n) is 1.69. The molecule has 0 aliphatic carbocycles. The van der Waals surface area contributed by atoms with Crippen molar-refractivity contribution in [3.63, 3.8) is 0 Å². The fourth-order valence-corrected chi connectivity index (χ4v) is 1.69. The number of hydrogen-bond acceptors (Lipinski definition) is 3. The molecule has 3 N–H and O–H groups in total. The van der Waals surface area contributed by atoms with Crippen LogP contribution in [-0.2, 0) is 0 Å². The smallest absolute Gasteiger partial charge is 0.131 e. The van der Waals surface area contributed by atoms with Crippen LogP contribution in [0.25, 0.3) is 0 Å². The van der Waals surface area contributed by atoms with Gasteiger partial charge in [-0.3, -0.25) is 5.41 Å². The molecule has 0 amide bonds. The molecule has 16 heavy (non-hydrogen) atoms. The van der Waals surface area contributed by atoms with Crippen molar-refractivity contribution in [3.05, 3.63) is 23.8 Å². The van der Waals surface area contributed by atoms with E-state index < -0.39 is 0 Å². The van der Waals surface area contributed by atoms with Crippen LogP contribution in [0.1, 0.15) is 19.4 Å². The largest absolute Gasteiger partial charge is 0.496 e. The molecule has 1 rings (SSSR count). The molecule has 0 aromatic heterocycles. The minimum atomic E-state index is 0.0305. The van der Waals surface area contributed by atoms with Crippen LogP contribution < -0.4 is 15.4 Å². The highest BCUT2D eigenvalue weighted by molar-refractivity contribution is 5.98. The van der Waals surface area contributed by atoms with Crippen LogP contribution in [0, 0.1) is 5.41 Å². The van der Waals surface area contributed by atoms with Crippen molar-refractivity contribution in [3.8, 4) is 5.75 Å². The van der Waals surface area contributed by atoms with E-state index in [9.17, 15) is 0 Å². The molecule has 4 nitrogen and oxygen atoms in total. The molecule has 0 radical (unpaired) electrons. The van der Waals surface area contributed by atoms with E-state index in [1.165, 1.54) is 0 Å². The van der Waals surface area contributed by atoms with Crippen LogP contribution in [0.4, 0.5) is 5.69 Å². The zero-order chi connectivity index (χ0) is 12.1. The van der Waals surface area contributed by atoms with Crippen LogP contribution in [0.5, 0.6) is 5.75 Å². The Labute approximate surface area is 96.5 Å². The quantitative estimate of drug-likeness (QED) is 0.589. The van der Waals surface area contributed by atoms with Gasteiger partial charge in [0.05, 0.1) is 12.7 Å². The first-order valence-electron chi connectivity index (χ1n) is 5.41. The Morgan fingerprint density at radius 3 is 2.44 bits per heavy atom. The number of nitrogens with two attached hydrogens (primary N) is 1. The number of nitrogens with one attached hydrogen (secondary N) is 1. The maximum Gasteiger partial charge on any atom is 0.131 e. The first-order valence-corrected chi connectivity index (χ1v) is 5.41. The van der Waals surface area contributed by atoms with Gasteiger partial charge in [0.1, 0.15) is 11.6 Å². The number of rotatable bonds is 5. The van der Waals surface area contributed by atoms with Gasteiger partial charge in [0.2, 0.25) is 0 Å². The summed E-state index contributed by atoms with van der Waals surface area (Å²) in [6.45, 7) is 6.10. The molecular formula is C12H19N3O. The van der Waals surface area contributed by atoms with E-state index in [-0.39, 0.29) is 5.84 Å². The summed E-state index contributed by atoms with van der Waals surface area (Å²) in [7, 11) is 1.59. The van der Waals surface area contributed by atoms with Crippen LogP contribution >= 0.6 is 0 Å². The zero-order valence-electron chi connectivity index (χ0n) is 10.1. The maximum absolute atomic E-state index is 7.43. The number of methoxy groups -OCH3 is 1. The molecule has 0 aliphatic rings. The Morgan fingerprint density at radius 1 is 1.38 bits per heavy atom. The third-order valence-corrected chi connectivity index (χ3v) is 2.60. The number of amidine groups is 1. The van der Waals surface area contributed by atoms with Crippen LogP contribution in [0.15, 0.2) is 18.2 Å². The molecule has 1 aromatic carbocycles. The predicted molar refractivity (Wildman–Crippen MR) is 67.6 cm³/mol. The van der Waals surface area contributed by atoms with Gasteiger partial charge >= 0.3 is 0 Å². The van der Waals surface area contributed by atoms with E-state index in [4.69, 9.17) is 15.9 Å². The second-order valence-electron chi connectivity index (χ2n) is 3.47. The Morgan fingerprint density at radius 2 is 2.00 bits per heavy atom. The monoisotopic (exact) mass is 221 g/mol. The SMILES string of the molecule is CCN(CC)c1ccc(C(=N)N)c(OC)c1. The van der Waals surface area contributed by atoms with Crippen LogP contribution in [0.2, 0.25) is 0 Å². The predicted octanol–water partition coefficient (Wildman–Crippen LogP) is 1.83. The summed E-state index contributed by atoms with van der Waals surface area (Å²) in [4.78, 5) is 2.21. The van der Waals surface area contributed by atoms with Gasteiger partial charge in [-0.25, -0.2) is 0 Å². The summed E-state index contributed by atoms with van der Waals surface area (Å²) in [5.74, 6) is 0.680. The van der Waals surface area contributed by atoms with E-state index in [2.05, 4.69) is 18.7 Å². The Bertz CT molecular complexity index is 373. The maximum atomic E-state index is 7.43. The number of anilines is 1. The van der Waals surface area contributed by atoms with Gasteiger partial charge in [-0.1, -0.05) is 0 Å². The van der Waals surface area contributed by atoms with Gasteiger partial charge in [0.15, 0.2) is 0 Å². The third-order valence-electron chi connectivity index (χ3n) is 2.60. The normalized spacial score (nSPS) is 9.94. The number of nitrogen functional groups attached to an aromatic ring is 1. The van der Waals surface area contributed by atoms with Crippen molar-refractivity contribution in [1.82, 2.24) is 0 Å². The third kappa shape index (κ3) is 2.45. The lowest BCUT2D eigenvalue weighted by molar-refractivity contribution is 0.414. The Balaban J connectivity index is 3.12. The van der Waals surface area contributed by atoms with Crippen LogP contribution in [0.3, 0.4) is 0 Å². The average molecular weight is 221 g/mol. The molecule has 0 unspecified atom stereocenters.